The second-order valence-corrected chi connectivity index (χ2v) is 8.15. The van der Waals surface area contributed by atoms with Gasteiger partial charge in [-0.1, -0.05) is 97.1 Å². The fraction of sp³-hybridized carbons (Fsp3) is 0.905. The summed E-state index contributed by atoms with van der Waals surface area (Å²) >= 11 is 0. The normalized spacial score (nSPS) is 26.8. The van der Waals surface area contributed by atoms with Gasteiger partial charge in [-0.25, -0.2) is 0 Å². The molecule has 2 unspecified atom stereocenters. The third-order valence-electron chi connectivity index (χ3n) is 5.79. The molecule has 0 aromatic heterocycles. The van der Waals surface area contributed by atoms with Gasteiger partial charge >= 0.3 is 0 Å². The zero-order valence-electron chi connectivity index (χ0n) is 16.1. The van der Waals surface area contributed by atoms with Crippen LogP contribution >= 0.6 is 0 Å². The van der Waals surface area contributed by atoms with Crippen LogP contribution in [0.15, 0.2) is 12.2 Å². The van der Waals surface area contributed by atoms with Gasteiger partial charge in [-0.05, 0) is 12.8 Å². The molecule has 0 radical (unpaired) electrons. The lowest BCUT2D eigenvalue weighted by molar-refractivity contribution is -0.0168. The number of rotatable bonds is 14. The summed E-state index contributed by atoms with van der Waals surface area (Å²) in [6.45, 7) is 5.81. The largest absolute Gasteiger partial charge is 0.389 e. The molecule has 3 heteroatoms. The first kappa shape index (κ1) is 21.7. The molecule has 3 nitrogen and oxygen atoms in total. The van der Waals surface area contributed by atoms with Crippen LogP contribution in [0.2, 0.25) is 0 Å². The number of unbranched alkanes of at least 4 members (excludes halogenated alkanes) is 11. The monoisotopic (exact) mass is 340 g/mol. The molecule has 1 aliphatic rings. The molecule has 0 heterocycles. The van der Waals surface area contributed by atoms with Crippen LogP contribution in [0.1, 0.15) is 97.8 Å². The summed E-state index contributed by atoms with van der Waals surface area (Å²) in [4.78, 5) is 0. The van der Waals surface area contributed by atoms with Crippen LogP contribution in [0.3, 0.4) is 0 Å². The lowest BCUT2D eigenvalue weighted by Crippen LogP contribution is -2.32. The van der Waals surface area contributed by atoms with Gasteiger partial charge in [-0.2, -0.15) is 0 Å². The van der Waals surface area contributed by atoms with Crippen molar-refractivity contribution in [3.63, 3.8) is 0 Å². The third-order valence-corrected chi connectivity index (χ3v) is 5.79. The van der Waals surface area contributed by atoms with Crippen LogP contribution in [0, 0.1) is 5.41 Å². The summed E-state index contributed by atoms with van der Waals surface area (Å²) in [5, 5.41) is 30.0. The van der Waals surface area contributed by atoms with E-state index in [4.69, 9.17) is 0 Å². The second-order valence-electron chi connectivity index (χ2n) is 8.15. The van der Waals surface area contributed by atoms with E-state index >= 15 is 0 Å². The van der Waals surface area contributed by atoms with E-state index in [2.05, 4.69) is 6.92 Å². The highest BCUT2D eigenvalue weighted by Gasteiger charge is 2.73. The van der Waals surface area contributed by atoms with Crippen molar-refractivity contribution in [1.29, 1.82) is 0 Å². The fourth-order valence-electron chi connectivity index (χ4n) is 3.59. The highest BCUT2D eigenvalue weighted by molar-refractivity contribution is 5.27. The third kappa shape index (κ3) is 5.86. The highest BCUT2D eigenvalue weighted by atomic mass is 16.4. The van der Waals surface area contributed by atoms with E-state index in [0.29, 0.717) is 0 Å². The summed E-state index contributed by atoms with van der Waals surface area (Å²) in [7, 11) is 0. The van der Waals surface area contributed by atoms with E-state index in [1.165, 1.54) is 64.2 Å². The minimum atomic E-state index is -1.37. The smallest absolute Gasteiger partial charge is 0.128 e. The Kier molecular flexibility index (Phi) is 9.54. The molecule has 0 bridgehead atoms. The van der Waals surface area contributed by atoms with Crippen LogP contribution in [-0.4, -0.2) is 33.1 Å². The minimum absolute atomic E-state index is 0.618. The van der Waals surface area contributed by atoms with E-state index < -0.39 is 23.2 Å². The lowest BCUT2D eigenvalue weighted by Gasteiger charge is -2.16. The summed E-state index contributed by atoms with van der Waals surface area (Å²) in [5.74, 6) is 0. The Balaban J connectivity index is 1.94. The Labute approximate surface area is 149 Å². The van der Waals surface area contributed by atoms with Crippen LogP contribution in [-0.2, 0) is 0 Å². The molecular weight excluding hydrogens is 300 g/mol. The Morgan fingerprint density at radius 2 is 1.29 bits per heavy atom. The molecule has 0 aliphatic heterocycles. The number of allylic oxidation sites excluding steroid dienone is 1. The predicted molar refractivity (Wildman–Crippen MR) is 101 cm³/mol. The Morgan fingerprint density at radius 3 is 1.71 bits per heavy atom. The number of aliphatic hydroxyl groups is 3. The van der Waals surface area contributed by atoms with E-state index in [0.717, 1.165) is 12.8 Å². The summed E-state index contributed by atoms with van der Waals surface area (Å²) in [6.07, 6.45) is 17.3. The topological polar surface area (TPSA) is 60.7 Å². The van der Waals surface area contributed by atoms with Crippen molar-refractivity contribution in [2.45, 2.75) is 116 Å². The van der Waals surface area contributed by atoms with Gasteiger partial charge in [0.25, 0.3) is 0 Å². The zero-order valence-corrected chi connectivity index (χ0v) is 16.1. The molecule has 3 atom stereocenters. The van der Waals surface area contributed by atoms with E-state index in [1.807, 2.05) is 6.08 Å². The van der Waals surface area contributed by atoms with Crippen molar-refractivity contribution in [2.75, 3.05) is 0 Å². The maximum atomic E-state index is 10.2. The predicted octanol–water partition coefficient (Wildman–Crippen LogP) is 4.74. The molecule has 0 aromatic rings. The maximum absolute atomic E-state index is 10.2. The zero-order chi connectivity index (χ0) is 18.1. The lowest BCUT2D eigenvalue weighted by atomic mass is 10.0. The Morgan fingerprint density at radius 1 is 0.875 bits per heavy atom. The van der Waals surface area contributed by atoms with Gasteiger partial charge in [0.05, 0.1) is 6.10 Å². The molecule has 0 spiro atoms. The van der Waals surface area contributed by atoms with E-state index in [-0.39, 0.29) is 0 Å². The van der Waals surface area contributed by atoms with Crippen molar-refractivity contribution in [1.82, 2.24) is 0 Å². The summed E-state index contributed by atoms with van der Waals surface area (Å²) in [5.41, 5.74) is -1.99. The first-order valence-electron chi connectivity index (χ1n) is 10.1. The molecule has 142 valence electrons. The molecule has 0 saturated heterocycles. The van der Waals surface area contributed by atoms with Crippen LogP contribution < -0.4 is 0 Å². The van der Waals surface area contributed by atoms with E-state index in [9.17, 15) is 15.3 Å². The molecular formula is C21H40O3. The number of hydrogen-bond acceptors (Lipinski definition) is 3. The van der Waals surface area contributed by atoms with Crippen molar-refractivity contribution in [3.05, 3.63) is 12.2 Å². The molecule has 1 aliphatic carbocycles. The van der Waals surface area contributed by atoms with Gasteiger partial charge < -0.3 is 15.3 Å². The van der Waals surface area contributed by atoms with Crippen molar-refractivity contribution in [2.24, 2.45) is 5.41 Å². The molecule has 0 aromatic carbocycles. The standard InChI is InChI=1S/C21H40O3/c1-4-5-6-7-8-9-10-11-12-13-14-15-16-17-18(22)21(24)19(23)20(21,2)3/h16-19,22-24H,4-15H2,1-3H3/b17-16+/t18?,19?,21-/m0/s1. The first-order chi connectivity index (χ1) is 11.4. The fourth-order valence-corrected chi connectivity index (χ4v) is 3.59. The molecule has 0 amide bonds. The Bertz CT molecular complexity index is 364. The number of aliphatic hydroxyl groups excluding tert-OH is 2. The van der Waals surface area contributed by atoms with E-state index in [1.54, 1.807) is 19.9 Å². The van der Waals surface area contributed by atoms with Crippen molar-refractivity contribution in [3.8, 4) is 0 Å². The van der Waals surface area contributed by atoms with Gasteiger partial charge in [0.15, 0.2) is 0 Å². The SMILES string of the molecule is CCCCCCCCCCCCC/C=C/C(O)[C@]1(O)C(O)C1(C)C. The summed E-state index contributed by atoms with van der Waals surface area (Å²) < 4.78 is 0. The van der Waals surface area contributed by atoms with Crippen molar-refractivity contribution < 1.29 is 15.3 Å². The molecule has 3 N–H and O–H groups in total. The molecule has 1 fully saturated rings. The molecule has 24 heavy (non-hydrogen) atoms. The minimum Gasteiger partial charge on any atom is -0.389 e. The van der Waals surface area contributed by atoms with Crippen LogP contribution in [0.25, 0.3) is 0 Å². The molecule has 1 rings (SSSR count). The molecule has 1 saturated carbocycles. The average Bonchev–Trinajstić information content (AvgIpc) is 2.96. The first-order valence-corrected chi connectivity index (χ1v) is 10.1. The van der Waals surface area contributed by atoms with Gasteiger partial charge in [0.2, 0.25) is 0 Å². The van der Waals surface area contributed by atoms with Gasteiger partial charge in [-0.3, -0.25) is 0 Å². The maximum Gasteiger partial charge on any atom is 0.128 e. The Hall–Kier alpha value is -0.380. The van der Waals surface area contributed by atoms with Gasteiger partial charge in [0, 0.05) is 5.41 Å². The quantitative estimate of drug-likeness (QED) is 0.316. The average molecular weight is 341 g/mol. The number of hydrogen-bond donors (Lipinski definition) is 3. The second kappa shape index (κ2) is 10.6. The van der Waals surface area contributed by atoms with Crippen LogP contribution in [0.5, 0.6) is 0 Å². The van der Waals surface area contributed by atoms with Crippen molar-refractivity contribution >= 4 is 0 Å². The summed E-state index contributed by atoms with van der Waals surface area (Å²) in [6, 6.07) is 0. The van der Waals surface area contributed by atoms with Gasteiger partial charge in [-0.15, -0.1) is 0 Å². The van der Waals surface area contributed by atoms with Crippen LogP contribution in [0.4, 0.5) is 0 Å². The highest BCUT2D eigenvalue weighted by Crippen LogP contribution is 2.57. The van der Waals surface area contributed by atoms with Gasteiger partial charge in [0.1, 0.15) is 11.7 Å².